The van der Waals surface area contributed by atoms with E-state index in [-0.39, 0.29) is 6.04 Å². The second-order valence-corrected chi connectivity index (χ2v) is 3.08. The summed E-state index contributed by atoms with van der Waals surface area (Å²) in [5.41, 5.74) is 8.84. The Balaban J connectivity index is 3.04. The molecule has 0 aliphatic heterocycles. The first-order valence-electron chi connectivity index (χ1n) is 3.97. The molecule has 64 valence electrons. The first kappa shape index (κ1) is 8.94. The van der Waals surface area contributed by atoms with E-state index in [2.05, 4.69) is 11.6 Å². The Morgan fingerprint density at radius 2 is 2.25 bits per heavy atom. The molecule has 12 heavy (non-hydrogen) atoms. The molecule has 0 saturated heterocycles. The summed E-state index contributed by atoms with van der Waals surface area (Å²) >= 11 is 0. The van der Waals surface area contributed by atoms with E-state index in [1.807, 2.05) is 19.9 Å². The monoisotopic (exact) mass is 162 g/mol. The highest BCUT2D eigenvalue weighted by Crippen LogP contribution is 2.14. The van der Waals surface area contributed by atoms with Gasteiger partial charge in [-0.05, 0) is 36.6 Å². The Kier molecular flexibility index (Phi) is 2.61. The van der Waals surface area contributed by atoms with Gasteiger partial charge in [-0.25, -0.2) is 0 Å². The highest BCUT2D eigenvalue weighted by molar-refractivity contribution is 5.60. The first-order chi connectivity index (χ1) is 5.61. The predicted molar refractivity (Wildman–Crippen MR) is 51.5 cm³/mol. The number of hydrogen-bond acceptors (Lipinski definition) is 2. The van der Waals surface area contributed by atoms with E-state index < -0.39 is 0 Å². The molecule has 0 aliphatic rings. The molecule has 0 bridgehead atoms. The van der Waals surface area contributed by atoms with Gasteiger partial charge in [-0.3, -0.25) is 4.98 Å². The van der Waals surface area contributed by atoms with E-state index in [0.717, 1.165) is 16.7 Å². The molecule has 2 heteroatoms. The van der Waals surface area contributed by atoms with Crippen LogP contribution in [0.4, 0.5) is 0 Å². The number of nitrogens with two attached hydrogens (primary N) is 1. The van der Waals surface area contributed by atoms with Crippen LogP contribution in [0.3, 0.4) is 0 Å². The van der Waals surface area contributed by atoms with Crippen LogP contribution in [0.1, 0.15) is 31.0 Å². The van der Waals surface area contributed by atoms with E-state index in [0.29, 0.717) is 0 Å². The van der Waals surface area contributed by atoms with E-state index >= 15 is 0 Å². The SMILES string of the molecule is C=C(C)c1cncc([C@H](C)N)c1. The summed E-state index contributed by atoms with van der Waals surface area (Å²) in [6, 6.07) is 2.07. The van der Waals surface area contributed by atoms with Crippen LogP contribution in [0.5, 0.6) is 0 Å². The number of nitrogens with zero attached hydrogens (tertiary/aromatic N) is 1. The summed E-state index contributed by atoms with van der Waals surface area (Å²) < 4.78 is 0. The van der Waals surface area contributed by atoms with Gasteiger partial charge in [0, 0.05) is 18.4 Å². The minimum atomic E-state index is 0.0387. The van der Waals surface area contributed by atoms with Crippen LogP contribution in [0.15, 0.2) is 25.0 Å². The van der Waals surface area contributed by atoms with E-state index in [4.69, 9.17) is 5.73 Å². The predicted octanol–water partition coefficient (Wildman–Crippen LogP) is 2.13. The second kappa shape index (κ2) is 3.50. The van der Waals surface area contributed by atoms with Gasteiger partial charge in [0.2, 0.25) is 0 Å². The zero-order chi connectivity index (χ0) is 9.14. The molecule has 1 rings (SSSR count). The Bertz CT molecular complexity index is 290. The number of allylic oxidation sites excluding steroid dienone is 1. The molecule has 0 aliphatic carbocycles. The normalized spacial score (nSPS) is 12.6. The summed E-state index contributed by atoms with van der Waals surface area (Å²) in [7, 11) is 0. The van der Waals surface area contributed by atoms with Crippen molar-refractivity contribution >= 4 is 5.57 Å². The maximum Gasteiger partial charge on any atom is 0.0342 e. The van der Waals surface area contributed by atoms with E-state index in [9.17, 15) is 0 Å². The smallest absolute Gasteiger partial charge is 0.0342 e. The van der Waals surface area contributed by atoms with Crippen LogP contribution in [-0.4, -0.2) is 4.98 Å². The summed E-state index contributed by atoms with van der Waals surface area (Å²) in [5.74, 6) is 0. The highest BCUT2D eigenvalue weighted by atomic mass is 14.7. The summed E-state index contributed by atoms with van der Waals surface area (Å²) in [4.78, 5) is 4.09. The maximum absolute atomic E-state index is 5.71. The molecular formula is C10H14N2. The van der Waals surface area contributed by atoms with Crippen molar-refractivity contribution in [1.82, 2.24) is 4.98 Å². The summed E-state index contributed by atoms with van der Waals surface area (Å²) in [6.45, 7) is 7.75. The lowest BCUT2D eigenvalue weighted by atomic mass is 10.1. The lowest BCUT2D eigenvalue weighted by Crippen LogP contribution is -2.05. The number of pyridine rings is 1. The molecule has 1 aromatic rings. The van der Waals surface area contributed by atoms with Gasteiger partial charge in [-0.1, -0.05) is 6.58 Å². The van der Waals surface area contributed by atoms with Gasteiger partial charge in [-0.15, -0.1) is 0 Å². The first-order valence-corrected chi connectivity index (χ1v) is 3.97. The van der Waals surface area contributed by atoms with Gasteiger partial charge < -0.3 is 5.73 Å². The van der Waals surface area contributed by atoms with Gasteiger partial charge in [-0.2, -0.15) is 0 Å². The van der Waals surface area contributed by atoms with Gasteiger partial charge >= 0.3 is 0 Å². The third-order valence-corrected chi connectivity index (χ3v) is 1.78. The van der Waals surface area contributed by atoms with Gasteiger partial charge in [0.25, 0.3) is 0 Å². The lowest BCUT2D eigenvalue weighted by molar-refractivity contribution is 0.811. The standard InChI is InChI=1S/C10H14N2/c1-7(2)9-4-10(8(3)11)6-12-5-9/h4-6,8H,1,11H2,2-3H3/t8-/m0/s1. The zero-order valence-electron chi connectivity index (χ0n) is 7.54. The molecule has 0 spiro atoms. The van der Waals surface area contributed by atoms with E-state index in [1.54, 1.807) is 12.4 Å². The number of aromatic nitrogens is 1. The Morgan fingerprint density at radius 1 is 1.58 bits per heavy atom. The molecule has 2 N–H and O–H groups in total. The molecule has 0 saturated carbocycles. The van der Waals surface area contributed by atoms with E-state index in [1.165, 1.54) is 0 Å². The fourth-order valence-electron chi connectivity index (χ4n) is 0.940. The molecule has 0 fully saturated rings. The maximum atomic E-state index is 5.71. The zero-order valence-corrected chi connectivity index (χ0v) is 7.54. The van der Waals surface area contributed by atoms with Crippen LogP contribution < -0.4 is 5.73 Å². The van der Waals surface area contributed by atoms with Crippen molar-refractivity contribution in [2.75, 3.05) is 0 Å². The molecule has 1 heterocycles. The molecule has 0 radical (unpaired) electrons. The fraction of sp³-hybridized carbons (Fsp3) is 0.300. The van der Waals surface area contributed by atoms with Crippen molar-refractivity contribution in [3.63, 3.8) is 0 Å². The van der Waals surface area contributed by atoms with Crippen molar-refractivity contribution in [1.29, 1.82) is 0 Å². The number of rotatable bonds is 2. The average Bonchev–Trinajstić information content (AvgIpc) is 2.04. The molecule has 0 unspecified atom stereocenters. The molecule has 0 amide bonds. The lowest BCUT2D eigenvalue weighted by Gasteiger charge is -2.06. The Morgan fingerprint density at radius 3 is 2.75 bits per heavy atom. The molecule has 1 aromatic heterocycles. The van der Waals surface area contributed by atoms with Crippen LogP contribution >= 0.6 is 0 Å². The van der Waals surface area contributed by atoms with Gasteiger partial charge in [0.15, 0.2) is 0 Å². The van der Waals surface area contributed by atoms with Crippen molar-refractivity contribution in [2.45, 2.75) is 19.9 Å². The van der Waals surface area contributed by atoms with Crippen LogP contribution in [-0.2, 0) is 0 Å². The van der Waals surface area contributed by atoms with Crippen molar-refractivity contribution in [3.05, 3.63) is 36.2 Å². The number of hydrogen-bond donors (Lipinski definition) is 1. The third kappa shape index (κ3) is 1.92. The fourth-order valence-corrected chi connectivity index (χ4v) is 0.940. The largest absolute Gasteiger partial charge is 0.324 e. The molecular weight excluding hydrogens is 148 g/mol. The Hall–Kier alpha value is -1.15. The molecule has 0 aromatic carbocycles. The van der Waals surface area contributed by atoms with Crippen LogP contribution in [0, 0.1) is 0 Å². The van der Waals surface area contributed by atoms with Gasteiger partial charge in [0.05, 0.1) is 0 Å². The van der Waals surface area contributed by atoms with Crippen molar-refractivity contribution in [3.8, 4) is 0 Å². The minimum absolute atomic E-state index is 0.0387. The third-order valence-electron chi connectivity index (χ3n) is 1.78. The highest BCUT2D eigenvalue weighted by Gasteiger charge is 2.00. The Labute approximate surface area is 73.1 Å². The average molecular weight is 162 g/mol. The minimum Gasteiger partial charge on any atom is -0.324 e. The van der Waals surface area contributed by atoms with Crippen LogP contribution in [0.2, 0.25) is 0 Å². The molecule has 1 atom stereocenters. The van der Waals surface area contributed by atoms with Crippen molar-refractivity contribution in [2.24, 2.45) is 5.73 Å². The van der Waals surface area contributed by atoms with Gasteiger partial charge in [0.1, 0.15) is 0 Å². The second-order valence-electron chi connectivity index (χ2n) is 3.08. The molecule has 2 nitrogen and oxygen atoms in total. The summed E-state index contributed by atoms with van der Waals surface area (Å²) in [5, 5.41) is 0. The van der Waals surface area contributed by atoms with Crippen LogP contribution in [0.25, 0.3) is 5.57 Å². The quantitative estimate of drug-likeness (QED) is 0.723. The topological polar surface area (TPSA) is 38.9 Å². The van der Waals surface area contributed by atoms with Crippen molar-refractivity contribution < 1.29 is 0 Å². The summed E-state index contributed by atoms with van der Waals surface area (Å²) in [6.07, 6.45) is 3.59.